The Morgan fingerprint density at radius 2 is 1.84 bits per heavy atom. The lowest BCUT2D eigenvalue weighted by Gasteiger charge is -2.31. The molecule has 1 fully saturated rings. The minimum Gasteiger partial charge on any atom is -0.346 e. The summed E-state index contributed by atoms with van der Waals surface area (Å²) in [4.78, 5) is 2.23. The number of benzene rings is 1. The molecule has 0 amide bonds. The van der Waals surface area contributed by atoms with Crippen molar-refractivity contribution in [2.75, 3.05) is 31.5 Å². The predicted molar refractivity (Wildman–Crippen MR) is 85.8 cm³/mol. The molecule has 0 radical (unpaired) electrons. The summed E-state index contributed by atoms with van der Waals surface area (Å²) in [5.41, 5.74) is 2.54. The molecule has 1 aliphatic rings. The van der Waals surface area contributed by atoms with Crippen molar-refractivity contribution in [1.82, 2.24) is 10.2 Å². The van der Waals surface area contributed by atoms with E-state index in [1.54, 1.807) is 0 Å². The third kappa shape index (κ3) is 3.67. The molecule has 3 nitrogen and oxygen atoms in total. The first-order valence-electron chi connectivity index (χ1n) is 6.84. The van der Waals surface area contributed by atoms with Crippen molar-refractivity contribution >= 4 is 23.0 Å². The number of hydrogen-bond acceptors (Lipinski definition) is 2. The Kier molecular flexibility index (Phi) is 4.42. The Labute approximate surface area is 121 Å². The highest BCUT2D eigenvalue weighted by Gasteiger charge is 2.19. The third-order valence-corrected chi connectivity index (χ3v) is 3.74. The van der Waals surface area contributed by atoms with Gasteiger partial charge in [-0.2, -0.15) is 0 Å². The molecule has 1 aromatic rings. The van der Waals surface area contributed by atoms with E-state index in [0.29, 0.717) is 0 Å². The Morgan fingerprint density at radius 3 is 2.47 bits per heavy atom. The lowest BCUT2D eigenvalue weighted by molar-refractivity contribution is 0.362. The number of anilines is 1. The molecule has 0 unspecified atom stereocenters. The zero-order valence-electron chi connectivity index (χ0n) is 12.0. The molecule has 19 heavy (non-hydrogen) atoms. The number of nitrogens with one attached hydrogen (secondary N) is 2. The molecule has 0 aliphatic carbocycles. The van der Waals surface area contributed by atoms with Gasteiger partial charge in [-0.15, -0.1) is 0 Å². The fourth-order valence-corrected chi connectivity index (χ4v) is 2.60. The molecular weight excluding hydrogens is 254 g/mol. The van der Waals surface area contributed by atoms with Crippen molar-refractivity contribution in [2.24, 2.45) is 0 Å². The van der Waals surface area contributed by atoms with Gasteiger partial charge in [0, 0.05) is 31.9 Å². The lowest BCUT2D eigenvalue weighted by Crippen LogP contribution is -2.48. The Balaban J connectivity index is 2.12. The summed E-state index contributed by atoms with van der Waals surface area (Å²) in [6.07, 6.45) is 0. The average molecular weight is 277 g/mol. The van der Waals surface area contributed by atoms with Crippen LogP contribution < -0.4 is 10.6 Å². The van der Waals surface area contributed by atoms with Crippen LogP contribution in [0.2, 0.25) is 0 Å². The van der Waals surface area contributed by atoms with Gasteiger partial charge in [0.15, 0.2) is 5.11 Å². The Bertz CT molecular complexity index is 445. The summed E-state index contributed by atoms with van der Waals surface area (Å²) in [5.74, 6) is 0. The smallest absolute Gasteiger partial charge is 0.173 e. The number of para-hydroxylation sites is 1. The van der Waals surface area contributed by atoms with Gasteiger partial charge in [-0.1, -0.05) is 39.0 Å². The zero-order valence-corrected chi connectivity index (χ0v) is 12.8. The van der Waals surface area contributed by atoms with Crippen LogP contribution in [0, 0.1) is 0 Å². The molecular formula is C15H23N3S. The van der Waals surface area contributed by atoms with E-state index in [9.17, 15) is 0 Å². The van der Waals surface area contributed by atoms with Gasteiger partial charge < -0.3 is 15.5 Å². The van der Waals surface area contributed by atoms with Crippen LogP contribution in [0.3, 0.4) is 0 Å². The van der Waals surface area contributed by atoms with Crippen molar-refractivity contribution in [3.63, 3.8) is 0 Å². The average Bonchev–Trinajstić information content (AvgIpc) is 2.39. The molecule has 0 bridgehead atoms. The quantitative estimate of drug-likeness (QED) is 0.772. The fraction of sp³-hybridized carbons (Fsp3) is 0.533. The van der Waals surface area contributed by atoms with E-state index in [2.05, 4.69) is 60.6 Å². The van der Waals surface area contributed by atoms with E-state index in [-0.39, 0.29) is 5.41 Å². The van der Waals surface area contributed by atoms with E-state index in [1.165, 1.54) is 5.56 Å². The van der Waals surface area contributed by atoms with Crippen LogP contribution in [0.4, 0.5) is 5.69 Å². The maximum atomic E-state index is 5.53. The first kappa shape index (κ1) is 14.3. The van der Waals surface area contributed by atoms with Gasteiger partial charge in [0.2, 0.25) is 0 Å². The summed E-state index contributed by atoms with van der Waals surface area (Å²) in [6.45, 7) is 10.6. The summed E-state index contributed by atoms with van der Waals surface area (Å²) >= 11 is 5.53. The second kappa shape index (κ2) is 5.88. The first-order chi connectivity index (χ1) is 8.98. The van der Waals surface area contributed by atoms with E-state index in [4.69, 9.17) is 12.2 Å². The van der Waals surface area contributed by atoms with E-state index >= 15 is 0 Å². The molecule has 0 aromatic heterocycles. The highest BCUT2D eigenvalue weighted by Crippen LogP contribution is 2.29. The maximum absolute atomic E-state index is 5.53. The number of thiocarbonyl (C=S) groups is 1. The Morgan fingerprint density at radius 1 is 1.21 bits per heavy atom. The molecule has 1 aromatic carbocycles. The van der Waals surface area contributed by atoms with Crippen LogP contribution in [0.25, 0.3) is 0 Å². The van der Waals surface area contributed by atoms with E-state index in [0.717, 1.165) is 37.0 Å². The van der Waals surface area contributed by atoms with Crippen molar-refractivity contribution < 1.29 is 0 Å². The largest absolute Gasteiger partial charge is 0.346 e. The van der Waals surface area contributed by atoms with Crippen LogP contribution in [0.5, 0.6) is 0 Å². The summed E-state index contributed by atoms with van der Waals surface area (Å²) < 4.78 is 0. The molecule has 0 saturated carbocycles. The molecule has 1 saturated heterocycles. The van der Waals surface area contributed by atoms with Crippen molar-refractivity contribution in [1.29, 1.82) is 0 Å². The summed E-state index contributed by atoms with van der Waals surface area (Å²) in [6, 6.07) is 8.41. The zero-order chi connectivity index (χ0) is 13.9. The summed E-state index contributed by atoms with van der Waals surface area (Å²) in [7, 11) is 0. The molecule has 104 valence electrons. The van der Waals surface area contributed by atoms with Crippen LogP contribution in [0.1, 0.15) is 26.3 Å². The molecule has 2 N–H and O–H groups in total. The van der Waals surface area contributed by atoms with Crippen LogP contribution >= 0.6 is 12.2 Å². The molecule has 0 spiro atoms. The highest BCUT2D eigenvalue weighted by molar-refractivity contribution is 7.80. The van der Waals surface area contributed by atoms with Gasteiger partial charge >= 0.3 is 0 Å². The summed E-state index contributed by atoms with van der Waals surface area (Å²) in [5, 5.41) is 7.59. The Hall–Kier alpha value is -1.13. The van der Waals surface area contributed by atoms with Gasteiger partial charge in [0.25, 0.3) is 0 Å². The molecule has 1 heterocycles. The fourth-order valence-electron chi connectivity index (χ4n) is 2.31. The van der Waals surface area contributed by atoms with E-state index in [1.807, 2.05) is 0 Å². The van der Waals surface area contributed by atoms with Crippen LogP contribution in [0.15, 0.2) is 24.3 Å². The molecule has 0 atom stereocenters. The highest BCUT2D eigenvalue weighted by atomic mass is 32.1. The third-order valence-electron chi connectivity index (χ3n) is 3.38. The normalized spacial score (nSPS) is 16.3. The number of piperazine rings is 1. The van der Waals surface area contributed by atoms with Gasteiger partial charge in [-0.05, 0) is 29.3 Å². The van der Waals surface area contributed by atoms with Crippen LogP contribution in [-0.4, -0.2) is 36.2 Å². The molecule has 4 heteroatoms. The van der Waals surface area contributed by atoms with Gasteiger partial charge in [0.1, 0.15) is 0 Å². The van der Waals surface area contributed by atoms with Crippen molar-refractivity contribution in [2.45, 2.75) is 26.2 Å². The topological polar surface area (TPSA) is 27.3 Å². The monoisotopic (exact) mass is 277 g/mol. The standard InChI is InChI=1S/C15H23N3S/c1-15(2,3)12-6-4-5-7-13(12)17-14(19)18-10-8-16-9-11-18/h4-7,16H,8-11H2,1-3H3,(H,17,19). The number of rotatable bonds is 1. The van der Waals surface area contributed by atoms with Gasteiger partial charge in [0.05, 0.1) is 0 Å². The minimum atomic E-state index is 0.114. The van der Waals surface area contributed by atoms with Crippen LogP contribution in [-0.2, 0) is 5.41 Å². The van der Waals surface area contributed by atoms with Gasteiger partial charge in [-0.25, -0.2) is 0 Å². The molecule has 2 rings (SSSR count). The predicted octanol–water partition coefficient (Wildman–Crippen LogP) is 2.59. The number of nitrogens with zero attached hydrogens (tertiary/aromatic N) is 1. The van der Waals surface area contributed by atoms with E-state index < -0.39 is 0 Å². The molecule has 1 aliphatic heterocycles. The van der Waals surface area contributed by atoms with Crippen molar-refractivity contribution in [3.05, 3.63) is 29.8 Å². The van der Waals surface area contributed by atoms with Gasteiger partial charge in [-0.3, -0.25) is 0 Å². The maximum Gasteiger partial charge on any atom is 0.173 e. The minimum absolute atomic E-state index is 0.114. The second-order valence-corrected chi connectivity index (χ2v) is 6.35. The lowest BCUT2D eigenvalue weighted by atomic mass is 9.86. The first-order valence-corrected chi connectivity index (χ1v) is 7.25. The second-order valence-electron chi connectivity index (χ2n) is 5.96. The SMILES string of the molecule is CC(C)(C)c1ccccc1NC(=S)N1CCNCC1. The van der Waals surface area contributed by atoms with Crippen molar-refractivity contribution in [3.8, 4) is 0 Å². The number of hydrogen-bond donors (Lipinski definition) is 2.